The first-order valence-corrected chi connectivity index (χ1v) is 8.21. The number of aryl methyl sites for hydroxylation is 1. The Morgan fingerprint density at radius 1 is 1.33 bits per heavy atom. The van der Waals surface area contributed by atoms with Crippen LogP contribution in [0.25, 0.3) is 0 Å². The fraction of sp³-hybridized carbons (Fsp3) is 0.667. The molecule has 2 atom stereocenters. The van der Waals surface area contributed by atoms with Gasteiger partial charge in [0, 0.05) is 12.1 Å². The maximum atomic E-state index is 13.6. The van der Waals surface area contributed by atoms with Gasteiger partial charge in [0.1, 0.15) is 5.82 Å². The Balaban J connectivity index is 2.39. The molecule has 1 fully saturated rings. The molecule has 0 saturated carbocycles. The van der Waals surface area contributed by atoms with Crippen LogP contribution in [0.3, 0.4) is 0 Å². The van der Waals surface area contributed by atoms with E-state index in [1.165, 1.54) is 24.8 Å². The van der Waals surface area contributed by atoms with Gasteiger partial charge >= 0.3 is 0 Å². The molecule has 1 aliphatic heterocycles. The van der Waals surface area contributed by atoms with Gasteiger partial charge in [0.2, 0.25) is 0 Å². The van der Waals surface area contributed by atoms with Gasteiger partial charge in [-0.2, -0.15) is 0 Å². The van der Waals surface area contributed by atoms with Crippen molar-refractivity contribution >= 4 is 0 Å². The van der Waals surface area contributed by atoms with Gasteiger partial charge in [-0.3, -0.25) is 4.90 Å². The second-order valence-electron chi connectivity index (χ2n) is 6.60. The van der Waals surface area contributed by atoms with Crippen molar-refractivity contribution in [2.45, 2.75) is 52.1 Å². The van der Waals surface area contributed by atoms with Gasteiger partial charge in [0.05, 0.1) is 0 Å². The molecule has 0 aliphatic carbocycles. The Kier molecular flexibility index (Phi) is 5.77. The first-order chi connectivity index (χ1) is 10.0. The van der Waals surface area contributed by atoms with E-state index < -0.39 is 0 Å². The zero-order valence-corrected chi connectivity index (χ0v) is 13.8. The largest absolute Gasteiger partial charge is 0.319 e. The Bertz CT molecular complexity index is 459. The molecule has 1 aromatic carbocycles. The maximum Gasteiger partial charge on any atom is 0.126 e. The highest BCUT2D eigenvalue weighted by Gasteiger charge is 2.32. The highest BCUT2D eigenvalue weighted by atomic mass is 19.1. The summed E-state index contributed by atoms with van der Waals surface area (Å²) in [5, 5.41) is 3.35. The summed E-state index contributed by atoms with van der Waals surface area (Å²) >= 11 is 0. The van der Waals surface area contributed by atoms with Crippen LogP contribution >= 0.6 is 0 Å². The third kappa shape index (κ3) is 3.83. The normalized spacial score (nSPS) is 24.3. The summed E-state index contributed by atoms with van der Waals surface area (Å²) < 4.78 is 13.6. The number of nitrogens with zero attached hydrogens (tertiary/aromatic N) is 1. The second kappa shape index (κ2) is 7.37. The molecule has 1 aromatic rings. The summed E-state index contributed by atoms with van der Waals surface area (Å²) in [4.78, 5) is 2.60. The van der Waals surface area contributed by atoms with Gasteiger partial charge in [-0.15, -0.1) is 0 Å². The molecule has 1 saturated heterocycles. The van der Waals surface area contributed by atoms with E-state index in [9.17, 15) is 4.39 Å². The third-order valence-electron chi connectivity index (χ3n) is 4.70. The van der Waals surface area contributed by atoms with Gasteiger partial charge in [0.25, 0.3) is 0 Å². The molecule has 1 N–H and O–H groups in total. The van der Waals surface area contributed by atoms with Crippen LogP contribution in [0, 0.1) is 18.7 Å². The summed E-state index contributed by atoms with van der Waals surface area (Å²) in [7, 11) is 2.03. The van der Waals surface area contributed by atoms with Crippen LogP contribution in [0.4, 0.5) is 4.39 Å². The molecule has 2 nitrogen and oxygen atoms in total. The van der Waals surface area contributed by atoms with E-state index in [2.05, 4.69) is 24.1 Å². The van der Waals surface area contributed by atoms with Crippen molar-refractivity contribution in [2.75, 3.05) is 20.1 Å². The number of hydrogen-bond donors (Lipinski definition) is 1. The van der Waals surface area contributed by atoms with E-state index in [0.29, 0.717) is 18.0 Å². The van der Waals surface area contributed by atoms with Crippen LogP contribution in [-0.4, -0.2) is 31.1 Å². The molecule has 2 unspecified atom stereocenters. The lowest BCUT2D eigenvalue weighted by Gasteiger charge is -2.38. The van der Waals surface area contributed by atoms with E-state index >= 15 is 0 Å². The zero-order valence-electron chi connectivity index (χ0n) is 13.8. The molecule has 3 heteroatoms. The Labute approximate surface area is 128 Å². The number of rotatable bonds is 4. The van der Waals surface area contributed by atoms with Crippen LogP contribution in [0.15, 0.2) is 18.2 Å². The Hall–Kier alpha value is -0.930. The second-order valence-corrected chi connectivity index (χ2v) is 6.60. The lowest BCUT2D eigenvalue weighted by Crippen LogP contribution is -2.40. The first kappa shape index (κ1) is 16.4. The molecule has 2 rings (SSSR count). The minimum atomic E-state index is -0.103. The average Bonchev–Trinajstić information content (AvgIpc) is 2.65. The number of hydrogen-bond acceptors (Lipinski definition) is 2. The SMILES string of the molecule is CNCC1CCCCN(C(C)C)C1c1ccc(F)c(C)c1. The van der Waals surface area contributed by atoms with Crippen LogP contribution in [-0.2, 0) is 0 Å². The molecule has 0 spiro atoms. The van der Waals surface area contributed by atoms with Crippen molar-refractivity contribution in [2.24, 2.45) is 5.92 Å². The minimum absolute atomic E-state index is 0.103. The van der Waals surface area contributed by atoms with Gasteiger partial charge in [0.15, 0.2) is 0 Å². The van der Waals surface area contributed by atoms with Crippen molar-refractivity contribution in [3.8, 4) is 0 Å². The van der Waals surface area contributed by atoms with E-state index in [0.717, 1.165) is 18.7 Å². The maximum absolute atomic E-state index is 13.6. The fourth-order valence-corrected chi connectivity index (χ4v) is 3.64. The van der Waals surface area contributed by atoms with Crippen LogP contribution < -0.4 is 5.32 Å². The van der Waals surface area contributed by atoms with Crippen LogP contribution in [0.5, 0.6) is 0 Å². The molecule has 118 valence electrons. The molecule has 1 aliphatic rings. The summed E-state index contributed by atoms with van der Waals surface area (Å²) in [5.74, 6) is 0.485. The topological polar surface area (TPSA) is 15.3 Å². The highest BCUT2D eigenvalue weighted by Crippen LogP contribution is 2.36. The molecule has 0 aromatic heterocycles. The van der Waals surface area contributed by atoms with Crippen molar-refractivity contribution < 1.29 is 4.39 Å². The minimum Gasteiger partial charge on any atom is -0.319 e. The fourth-order valence-electron chi connectivity index (χ4n) is 3.64. The third-order valence-corrected chi connectivity index (χ3v) is 4.70. The Morgan fingerprint density at radius 3 is 2.71 bits per heavy atom. The lowest BCUT2D eigenvalue weighted by molar-refractivity contribution is 0.118. The molecule has 0 radical (unpaired) electrons. The lowest BCUT2D eigenvalue weighted by atomic mass is 9.88. The quantitative estimate of drug-likeness (QED) is 0.905. The van der Waals surface area contributed by atoms with E-state index in [1.807, 2.05) is 26.1 Å². The smallest absolute Gasteiger partial charge is 0.126 e. The average molecular weight is 292 g/mol. The van der Waals surface area contributed by atoms with Gasteiger partial charge < -0.3 is 5.32 Å². The van der Waals surface area contributed by atoms with Gasteiger partial charge in [-0.25, -0.2) is 4.39 Å². The van der Waals surface area contributed by atoms with Crippen molar-refractivity contribution in [3.05, 3.63) is 35.1 Å². The van der Waals surface area contributed by atoms with Crippen LogP contribution in [0.1, 0.15) is 50.3 Å². The zero-order chi connectivity index (χ0) is 15.4. The molecule has 21 heavy (non-hydrogen) atoms. The summed E-state index contributed by atoms with van der Waals surface area (Å²) in [6.07, 6.45) is 3.78. The number of halogens is 1. The predicted octanol–water partition coefficient (Wildman–Crippen LogP) is 3.91. The number of nitrogens with one attached hydrogen (secondary N) is 1. The summed E-state index contributed by atoms with van der Waals surface area (Å²) in [6, 6.07) is 6.56. The molecule has 0 amide bonds. The molecule has 0 bridgehead atoms. The highest BCUT2D eigenvalue weighted by molar-refractivity contribution is 5.27. The van der Waals surface area contributed by atoms with E-state index in [1.54, 1.807) is 6.07 Å². The van der Waals surface area contributed by atoms with E-state index in [-0.39, 0.29) is 5.82 Å². The Morgan fingerprint density at radius 2 is 2.10 bits per heavy atom. The summed E-state index contributed by atoms with van der Waals surface area (Å²) in [5.41, 5.74) is 2.02. The van der Waals surface area contributed by atoms with E-state index in [4.69, 9.17) is 0 Å². The molecular formula is C18H29FN2. The van der Waals surface area contributed by atoms with Crippen molar-refractivity contribution in [1.29, 1.82) is 0 Å². The van der Waals surface area contributed by atoms with Gasteiger partial charge in [-0.1, -0.05) is 18.6 Å². The predicted molar refractivity (Wildman–Crippen MR) is 87.0 cm³/mol. The number of likely N-dealkylation sites (tertiary alicyclic amines) is 1. The standard InChI is InChI=1S/C18H29FN2/c1-13(2)21-10-6-5-7-16(12-20-4)18(21)15-8-9-17(19)14(3)11-15/h8-9,11,13,16,18,20H,5-7,10,12H2,1-4H3. The van der Waals surface area contributed by atoms with Crippen LogP contribution in [0.2, 0.25) is 0 Å². The van der Waals surface area contributed by atoms with Crippen molar-refractivity contribution in [1.82, 2.24) is 10.2 Å². The van der Waals surface area contributed by atoms with Crippen molar-refractivity contribution in [3.63, 3.8) is 0 Å². The summed E-state index contributed by atoms with van der Waals surface area (Å²) in [6.45, 7) is 8.56. The first-order valence-electron chi connectivity index (χ1n) is 8.21. The van der Waals surface area contributed by atoms with Gasteiger partial charge in [-0.05, 0) is 76.9 Å². The molecular weight excluding hydrogens is 263 g/mol. The monoisotopic (exact) mass is 292 g/mol. The molecule has 1 heterocycles. The number of benzene rings is 1.